The molecule has 1 aliphatic carbocycles. The lowest BCUT2D eigenvalue weighted by atomic mass is 9.87. The van der Waals surface area contributed by atoms with Gasteiger partial charge in [-0.1, -0.05) is 12.1 Å². The number of methoxy groups -OCH3 is 1. The molecule has 0 bridgehead atoms. The Kier molecular flexibility index (Phi) is 5.12. The Morgan fingerprint density at radius 2 is 2.15 bits per heavy atom. The zero-order chi connectivity index (χ0) is 14.5. The van der Waals surface area contributed by atoms with E-state index < -0.39 is 11.6 Å². The van der Waals surface area contributed by atoms with Crippen LogP contribution < -0.4 is 0 Å². The van der Waals surface area contributed by atoms with Crippen LogP contribution in [0.2, 0.25) is 0 Å². The predicted octanol–water partition coefficient (Wildman–Crippen LogP) is 3.56. The lowest BCUT2D eigenvalue weighted by molar-refractivity contribution is 0.128. The second kappa shape index (κ2) is 6.84. The smallest absolute Gasteiger partial charge is 0.162 e. The van der Waals surface area contributed by atoms with E-state index in [4.69, 9.17) is 9.47 Å². The monoisotopic (exact) mass is 282 g/mol. The highest BCUT2D eigenvalue weighted by Gasteiger charge is 2.25. The number of aryl methyl sites for hydroxylation is 1. The van der Waals surface area contributed by atoms with E-state index in [-0.39, 0.29) is 6.10 Å². The first-order valence-corrected chi connectivity index (χ1v) is 6.91. The van der Waals surface area contributed by atoms with E-state index in [1.165, 1.54) is 0 Å². The van der Waals surface area contributed by atoms with Gasteiger partial charge >= 0.3 is 0 Å². The number of ether oxygens (including phenoxy) is 2. The average Bonchev–Trinajstić information content (AvgIpc) is 2.47. The lowest BCUT2D eigenvalue weighted by Gasteiger charge is -2.25. The molecule has 0 aliphatic heterocycles. The van der Waals surface area contributed by atoms with Crippen molar-refractivity contribution in [3.63, 3.8) is 0 Å². The quantitative estimate of drug-likeness (QED) is 0.769. The second-order valence-electron chi connectivity index (χ2n) is 5.01. The Bertz CT molecular complexity index is 498. The van der Waals surface area contributed by atoms with Gasteiger partial charge in [0.05, 0.1) is 12.9 Å². The summed E-state index contributed by atoms with van der Waals surface area (Å²) in [5, 5.41) is 0. The second-order valence-corrected chi connectivity index (χ2v) is 5.01. The van der Waals surface area contributed by atoms with Crippen LogP contribution in [0.15, 0.2) is 18.4 Å². The summed E-state index contributed by atoms with van der Waals surface area (Å²) in [5.74, 6) is -1.46. The highest BCUT2D eigenvalue weighted by molar-refractivity contribution is 5.37. The molecule has 1 aliphatic rings. The van der Waals surface area contributed by atoms with Gasteiger partial charge in [-0.3, -0.25) is 0 Å². The van der Waals surface area contributed by atoms with E-state index in [0.29, 0.717) is 30.6 Å². The summed E-state index contributed by atoms with van der Waals surface area (Å²) < 4.78 is 38.6. The van der Waals surface area contributed by atoms with Gasteiger partial charge in [0.2, 0.25) is 0 Å². The molecule has 0 spiro atoms. The molecular weight excluding hydrogens is 262 g/mol. The van der Waals surface area contributed by atoms with Gasteiger partial charge in [-0.05, 0) is 42.9 Å². The van der Waals surface area contributed by atoms with Crippen LogP contribution in [-0.2, 0) is 28.7 Å². The van der Waals surface area contributed by atoms with Crippen molar-refractivity contribution in [2.75, 3.05) is 13.7 Å². The van der Waals surface area contributed by atoms with E-state index in [1.54, 1.807) is 25.5 Å². The van der Waals surface area contributed by atoms with Crippen LogP contribution in [0.4, 0.5) is 8.78 Å². The summed E-state index contributed by atoms with van der Waals surface area (Å²) in [6, 6.07) is 1.78. The lowest BCUT2D eigenvalue weighted by Crippen LogP contribution is -2.23. The van der Waals surface area contributed by atoms with Crippen molar-refractivity contribution in [2.45, 2.75) is 38.7 Å². The van der Waals surface area contributed by atoms with Gasteiger partial charge < -0.3 is 9.47 Å². The fourth-order valence-electron chi connectivity index (χ4n) is 2.56. The summed E-state index contributed by atoms with van der Waals surface area (Å²) >= 11 is 0. The van der Waals surface area contributed by atoms with Crippen molar-refractivity contribution >= 4 is 0 Å². The molecule has 0 aromatic heterocycles. The molecule has 0 fully saturated rings. The van der Waals surface area contributed by atoms with E-state index >= 15 is 0 Å². The van der Waals surface area contributed by atoms with Crippen molar-refractivity contribution in [3.05, 3.63) is 46.7 Å². The maximum absolute atomic E-state index is 14.2. The van der Waals surface area contributed by atoms with Gasteiger partial charge in [0, 0.05) is 13.5 Å². The summed E-state index contributed by atoms with van der Waals surface area (Å²) in [5.41, 5.74) is 1.76. The molecule has 2 nitrogen and oxygen atoms in total. The zero-order valence-corrected chi connectivity index (χ0v) is 11.9. The summed E-state index contributed by atoms with van der Waals surface area (Å²) in [7, 11) is 1.55. The minimum absolute atomic E-state index is 0.0718. The molecule has 2 rings (SSSR count). The first kappa shape index (κ1) is 15.0. The van der Waals surface area contributed by atoms with Crippen LogP contribution in [0.5, 0.6) is 0 Å². The zero-order valence-electron chi connectivity index (χ0n) is 11.9. The standard InChI is InChI=1S/C16H20F2O2/c1-3-7-20-13-5-4-11-9-12(6-8-19-2)15(17)16(18)14(11)10-13/h3,7,9,13H,4-6,8,10H2,1-2H3/b7-3+. The fraction of sp³-hybridized carbons (Fsp3) is 0.500. The van der Waals surface area contributed by atoms with Crippen LogP contribution in [0.3, 0.4) is 0 Å². The van der Waals surface area contributed by atoms with E-state index in [1.807, 2.05) is 6.92 Å². The molecule has 0 heterocycles. The Balaban J connectivity index is 2.23. The molecule has 0 saturated heterocycles. The van der Waals surface area contributed by atoms with Crippen molar-refractivity contribution < 1.29 is 18.3 Å². The maximum atomic E-state index is 14.2. The van der Waals surface area contributed by atoms with Crippen LogP contribution >= 0.6 is 0 Å². The highest BCUT2D eigenvalue weighted by Crippen LogP contribution is 2.29. The molecule has 110 valence electrons. The normalized spacial score (nSPS) is 18.3. The third-order valence-electron chi connectivity index (χ3n) is 3.63. The van der Waals surface area contributed by atoms with E-state index in [0.717, 1.165) is 18.4 Å². The minimum atomic E-state index is -0.743. The molecule has 0 radical (unpaired) electrons. The number of benzene rings is 1. The van der Waals surface area contributed by atoms with Crippen LogP contribution in [0.25, 0.3) is 0 Å². The molecule has 1 aromatic rings. The van der Waals surface area contributed by atoms with Crippen LogP contribution in [-0.4, -0.2) is 19.8 Å². The SMILES string of the molecule is C/C=C/OC1CCc2cc(CCOC)c(F)c(F)c2C1. The number of hydrogen-bond acceptors (Lipinski definition) is 2. The summed E-state index contributed by atoms with van der Waals surface area (Å²) in [4.78, 5) is 0. The van der Waals surface area contributed by atoms with Crippen molar-refractivity contribution in [2.24, 2.45) is 0 Å². The summed E-state index contributed by atoms with van der Waals surface area (Å²) in [6.07, 6.45) is 5.69. The van der Waals surface area contributed by atoms with Gasteiger partial charge in [0.15, 0.2) is 11.6 Å². The van der Waals surface area contributed by atoms with E-state index in [2.05, 4.69) is 0 Å². The average molecular weight is 282 g/mol. The van der Waals surface area contributed by atoms with Crippen LogP contribution in [0, 0.1) is 11.6 Å². The van der Waals surface area contributed by atoms with Gasteiger partial charge in [-0.25, -0.2) is 8.78 Å². The maximum Gasteiger partial charge on any atom is 0.162 e. The van der Waals surface area contributed by atoms with Crippen LogP contribution in [0.1, 0.15) is 30.0 Å². The highest BCUT2D eigenvalue weighted by atomic mass is 19.2. The molecule has 0 saturated carbocycles. The third kappa shape index (κ3) is 3.18. The first-order chi connectivity index (χ1) is 9.67. The minimum Gasteiger partial charge on any atom is -0.498 e. The van der Waals surface area contributed by atoms with Gasteiger partial charge in [0.1, 0.15) is 6.10 Å². The van der Waals surface area contributed by atoms with Crippen molar-refractivity contribution in [1.82, 2.24) is 0 Å². The largest absolute Gasteiger partial charge is 0.498 e. The van der Waals surface area contributed by atoms with E-state index in [9.17, 15) is 8.78 Å². The molecule has 0 N–H and O–H groups in total. The van der Waals surface area contributed by atoms with Crippen molar-refractivity contribution in [3.8, 4) is 0 Å². The molecule has 1 aromatic carbocycles. The van der Waals surface area contributed by atoms with Gasteiger partial charge in [0.25, 0.3) is 0 Å². The molecule has 1 unspecified atom stereocenters. The fourth-order valence-corrected chi connectivity index (χ4v) is 2.56. The molecular formula is C16H20F2O2. The predicted molar refractivity (Wildman–Crippen MR) is 73.7 cm³/mol. The number of allylic oxidation sites excluding steroid dienone is 1. The Morgan fingerprint density at radius 3 is 2.85 bits per heavy atom. The Hall–Kier alpha value is -1.42. The van der Waals surface area contributed by atoms with Gasteiger partial charge in [-0.2, -0.15) is 0 Å². The topological polar surface area (TPSA) is 18.5 Å². The Labute approximate surface area is 118 Å². The molecule has 4 heteroatoms. The summed E-state index contributed by atoms with van der Waals surface area (Å²) in [6.45, 7) is 2.25. The third-order valence-corrected chi connectivity index (χ3v) is 3.63. The first-order valence-electron chi connectivity index (χ1n) is 6.91. The number of rotatable bonds is 5. The number of fused-ring (bicyclic) bond motifs is 1. The molecule has 1 atom stereocenters. The Morgan fingerprint density at radius 1 is 1.35 bits per heavy atom. The van der Waals surface area contributed by atoms with Gasteiger partial charge in [-0.15, -0.1) is 0 Å². The molecule has 0 amide bonds. The number of halogens is 2. The number of hydrogen-bond donors (Lipinski definition) is 0. The molecule has 20 heavy (non-hydrogen) atoms. The van der Waals surface area contributed by atoms with Crippen molar-refractivity contribution in [1.29, 1.82) is 0 Å².